The maximum atomic E-state index is 5.78. The minimum absolute atomic E-state index is 0.0301. The second kappa shape index (κ2) is 3.01. The second-order valence-electron chi connectivity index (χ2n) is 5.45. The summed E-state index contributed by atoms with van der Waals surface area (Å²) < 4.78 is 1.73. The van der Waals surface area contributed by atoms with E-state index < -0.39 is 0 Å². The average Bonchev–Trinajstić information content (AvgIpc) is 2.30. The molecular weight excluding hydrogens is 174 g/mol. The first-order valence-corrected chi connectivity index (χ1v) is 4.96. The van der Waals surface area contributed by atoms with Crippen LogP contribution in [0.25, 0.3) is 0 Å². The van der Waals surface area contributed by atoms with Crippen molar-refractivity contribution in [1.82, 2.24) is 9.78 Å². The summed E-state index contributed by atoms with van der Waals surface area (Å²) in [5, 5.41) is 4.44. The van der Waals surface area contributed by atoms with Crippen molar-refractivity contribution >= 4 is 5.82 Å². The van der Waals surface area contributed by atoms with Crippen molar-refractivity contribution in [2.75, 3.05) is 5.73 Å². The van der Waals surface area contributed by atoms with Crippen LogP contribution >= 0.6 is 0 Å². The molecule has 80 valence electrons. The number of rotatable bonds is 1. The Morgan fingerprint density at radius 2 is 1.71 bits per heavy atom. The molecular formula is C11H21N3. The predicted octanol–water partition coefficient (Wildman–Crippen LogP) is 2.33. The summed E-state index contributed by atoms with van der Waals surface area (Å²) in [5.41, 5.74) is 7.05. The number of nitrogen functional groups attached to an aromatic ring is 1. The van der Waals surface area contributed by atoms with Gasteiger partial charge in [-0.05, 0) is 5.41 Å². The molecule has 1 rings (SSSR count). The number of aromatic nitrogens is 2. The summed E-state index contributed by atoms with van der Waals surface area (Å²) in [7, 11) is 1.87. The lowest BCUT2D eigenvalue weighted by atomic mass is 9.67. The Morgan fingerprint density at radius 1 is 1.21 bits per heavy atom. The number of nitrogens with two attached hydrogens (primary N) is 1. The number of hydrogen-bond donors (Lipinski definition) is 1. The smallest absolute Gasteiger partial charge is 0.121 e. The lowest BCUT2D eigenvalue weighted by Gasteiger charge is -2.37. The van der Waals surface area contributed by atoms with Gasteiger partial charge in [-0.15, -0.1) is 0 Å². The molecule has 0 aliphatic carbocycles. The van der Waals surface area contributed by atoms with Crippen LogP contribution in [0.15, 0.2) is 6.07 Å². The van der Waals surface area contributed by atoms with Crippen LogP contribution in [0.3, 0.4) is 0 Å². The zero-order valence-corrected chi connectivity index (χ0v) is 10.0. The van der Waals surface area contributed by atoms with Crippen LogP contribution in [0.1, 0.15) is 40.3 Å². The maximum absolute atomic E-state index is 5.78. The van der Waals surface area contributed by atoms with Gasteiger partial charge in [0.25, 0.3) is 0 Å². The fourth-order valence-electron chi connectivity index (χ4n) is 1.17. The highest BCUT2D eigenvalue weighted by Crippen LogP contribution is 2.40. The van der Waals surface area contributed by atoms with E-state index in [4.69, 9.17) is 5.73 Å². The summed E-state index contributed by atoms with van der Waals surface area (Å²) in [6, 6.07) is 1.96. The highest BCUT2D eigenvalue weighted by atomic mass is 15.3. The molecule has 3 heteroatoms. The minimum atomic E-state index is 0.0301. The standard InChI is InChI=1S/C11H21N3/c1-10(2,3)11(4,5)8-7-9(12)14(6)13-8/h7H,12H2,1-6H3. The maximum Gasteiger partial charge on any atom is 0.121 e. The van der Waals surface area contributed by atoms with E-state index in [-0.39, 0.29) is 10.8 Å². The van der Waals surface area contributed by atoms with Gasteiger partial charge in [0.1, 0.15) is 5.82 Å². The summed E-state index contributed by atoms with van der Waals surface area (Å²) in [4.78, 5) is 0. The summed E-state index contributed by atoms with van der Waals surface area (Å²) in [6.07, 6.45) is 0. The molecule has 0 fully saturated rings. The molecule has 0 amide bonds. The molecule has 0 atom stereocenters. The van der Waals surface area contributed by atoms with Crippen LogP contribution in [0.4, 0.5) is 5.82 Å². The topological polar surface area (TPSA) is 43.8 Å². The van der Waals surface area contributed by atoms with Gasteiger partial charge in [0.15, 0.2) is 0 Å². The second-order valence-corrected chi connectivity index (χ2v) is 5.45. The third kappa shape index (κ3) is 1.63. The summed E-state index contributed by atoms with van der Waals surface area (Å²) >= 11 is 0. The van der Waals surface area contributed by atoms with Gasteiger partial charge in [0.05, 0.1) is 5.69 Å². The molecule has 0 radical (unpaired) electrons. The highest BCUT2D eigenvalue weighted by Gasteiger charge is 2.36. The summed E-state index contributed by atoms with van der Waals surface area (Å²) in [6.45, 7) is 11.1. The third-order valence-electron chi connectivity index (χ3n) is 3.43. The quantitative estimate of drug-likeness (QED) is 0.747. The van der Waals surface area contributed by atoms with Gasteiger partial charge in [-0.2, -0.15) is 5.10 Å². The first-order valence-electron chi connectivity index (χ1n) is 4.96. The molecule has 0 aliphatic heterocycles. The molecule has 1 aromatic heterocycles. The SMILES string of the molecule is Cn1nc(C(C)(C)C(C)(C)C)cc1N. The van der Waals surface area contributed by atoms with Gasteiger partial charge < -0.3 is 5.73 Å². The van der Waals surface area contributed by atoms with Crippen molar-refractivity contribution in [2.24, 2.45) is 12.5 Å². The number of hydrogen-bond acceptors (Lipinski definition) is 2. The zero-order chi connectivity index (χ0) is 11.1. The van der Waals surface area contributed by atoms with E-state index in [0.717, 1.165) is 11.5 Å². The van der Waals surface area contributed by atoms with Crippen molar-refractivity contribution in [1.29, 1.82) is 0 Å². The fraction of sp³-hybridized carbons (Fsp3) is 0.727. The van der Waals surface area contributed by atoms with E-state index in [1.54, 1.807) is 4.68 Å². The van der Waals surface area contributed by atoms with Gasteiger partial charge in [0, 0.05) is 18.5 Å². The van der Waals surface area contributed by atoms with Gasteiger partial charge in [-0.25, -0.2) is 0 Å². The van der Waals surface area contributed by atoms with Crippen molar-refractivity contribution in [3.05, 3.63) is 11.8 Å². The van der Waals surface area contributed by atoms with Crippen LogP contribution in [0, 0.1) is 5.41 Å². The molecule has 1 heterocycles. The lowest BCUT2D eigenvalue weighted by Crippen LogP contribution is -2.34. The largest absolute Gasteiger partial charge is 0.384 e. The van der Waals surface area contributed by atoms with Crippen LogP contribution in [0.5, 0.6) is 0 Å². The molecule has 0 spiro atoms. The van der Waals surface area contributed by atoms with E-state index in [1.807, 2.05) is 13.1 Å². The zero-order valence-electron chi connectivity index (χ0n) is 10.0. The Morgan fingerprint density at radius 3 is 2.00 bits per heavy atom. The normalized spacial score (nSPS) is 13.3. The number of nitrogens with zero attached hydrogens (tertiary/aromatic N) is 2. The predicted molar refractivity (Wildman–Crippen MR) is 60.1 cm³/mol. The van der Waals surface area contributed by atoms with Gasteiger partial charge in [-0.3, -0.25) is 4.68 Å². The number of aryl methyl sites for hydroxylation is 1. The molecule has 0 aromatic carbocycles. The molecule has 2 N–H and O–H groups in total. The molecule has 3 nitrogen and oxygen atoms in total. The first kappa shape index (κ1) is 11.1. The van der Waals surface area contributed by atoms with Crippen LogP contribution < -0.4 is 5.73 Å². The fourth-order valence-corrected chi connectivity index (χ4v) is 1.17. The van der Waals surface area contributed by atoms with Gasteiger partial charge in [0.2, 0.25) is 0 Å². The van der Waals surface area contributed by atoms with E-state index >= 15 is 0 Å². The average molecular weight is 195 g/mol. The Bertz CT molecular complexity index is 309. The third-order valence-corrected chi connectivity index (χ3v) is 3.43. The van der Waals surface area contributed by atoms with Crippen molar-refractivity contribution in [3.63, 3.8) is 0 Å². The van der Waals surface area contributed by atoms with Crippen LogP contribution in [0.2, 0.25) is 0 Å². The summed E-state index contributed by atoms with van der Waals surface area (Å²) in [5.74, 6) is 0.720. The molecule has 1 aromatic rings. The van der Waals surface area contributed by atoms with E-state index in [9.17, 15) is 0 Å². The Balaban J connectivity index is 3.16. The van der Waals surface area contributed by atoms with Gasteiger partial charge >= 0.3 is 0 Å². The molecule has 0 saturated carbocycles. The minimum Gasteiger partial charge on any atom is -0.384 e. The highest BCUT2D eigenvalue weighted by molar-refractivity contribution is 5.34. The lowest BCUT2D eigenvalue weighted by molar-refractivity contribution is 0.218. The monoisotopic (exact) mass is 195 g/mol. The van der Waals surface area contributed by atoms with Crippen molar-refractivity contribution in [2.45, 2.75) is 40.0 Å². The number of anilines is 1. The first-order chi connectivity index (χ1) is 6.16. The van der Waals surface area contributed by atoms with E-state index in [0.29, 0.717) is 0 Å². The van der Waals surface area contributed by atoms with Crippen molar-refractivity contribution < 1.29 is 0 Å². The Hall–Kier alpha value is -0.990. The van der Waals surface area contributed by atoms with Crippen LogP contribution in [-0.2, 0) is 12.5 Å². The molecule has 0 aliphatic rings. The Kier molecular flexibility index (Phi) is 2.38. The van der Waals surface area contributed by atoms with Crippen LogP contribution in [-0.4, -0.2) is 9.78 Å². The molecule has 14 heavy (non-hydrogen) atoms. The van der Waals surface area contributed by atoms with Gasteiger partial charge in [-0.1, -0.05) is 34.6 Å². The molecule has 0 saturated heterocycles. The van der Waals surface area contributed by atoms with E-state index in [2.05, 4.69) is 39.7 Å². The molecule has 0 unspecified atom stereocenters. The Labute approximate surface area is 86.3 Å². The van der Waals surface area contributed by atoms with Crippen molar-refractivity contribution in [3.8, 4) is 0 Å². The molecule has 0 bridgehead atoms. The van der Waals surface area contributed by atoms with E-state index in [1.165, 1.54) is 0 Å².